The van der Waals surface area contributed by atoms with Crippen molar-refractivity contribution < 1.29 is 14.3 Å². The van der Waals surface area contributed by atoms with Crippen LogP contribution in [0.25, 0.3) is 5.69 Å². The smallest absolute Gasteiger partial charge is 0.313 e. The van der Waals surface area contributed by atoms with Gasteiger partial charge >= 0.3 is 5.97 Å². The third-order valence-corrected chi connectivity index (χ3v) is 3.26. The van der Waals surface area contributed by atoms with Crippen LogP contribution < -0.4 is 0 Å². The number of imidazole rings is 1. The molecule has 1 N–H and O–H groups in total. The van der Waals surface area contributed by atoms with E-state index in [1.807, 2.05) is 0 Å². The summed E-state index contributed by atoms with van der Waals surface area (Å²) in [6, 6.07) is 6.33. The van der Waals surface area contributed by atoms with Crippen LogP contribution in [0.5, 0.6) is 0 Å². The molecule has 0 aliphatic heterocycles. The Morgan fingerprint density at radius 3 is 2.89 bits per heavy atom. The van der Waals surface area contributed by atoms with E-state index in [0.29, 0.717) is 10.8 Å². The number of aromatic nitrogens is 2. The molecule has 0 amide bonds. The first-order valence-electron chi connectivity index (χ1n) is 5.23. The van der Waals surface area contributed by atoms with Crippen molar-refractivity contribution >= 4 is 17.7 Å². The number of carboxylic acids is 1. The van der Waals surface area contributed by atoms with Gasteiger partial charge in [-0.3, -0.25) is 9.36 Å². The highest BCUT2D eigenvalue weighted by Gasteiger charge is 2.13. The van der Waals surface area contributed by atoms with E-state index < -0.39 is 5.97 Å². The summed E-state index contributed by atoms with van der Waals surface area (Å²) < 4.78 is 15.4. The Morgan fingerprint density at radius 1 is 1.50 bits per heavy atom. The van der Waals surface area contributed by atoms with Gasteiger partial charge in [-0.2, -0.15) is 0 Å². The topological polar surface area (TPSA) is 55.1 Å². The highest BCUT2D eigenvalue weighted by Crippen LogP contribution is 2.24. The molecule has 6 heteroatoms. The summed E-state index contributed by atoms with van der Waals surface area (Å²) in [4.78, 5) is 14.7. The summed E-state index contributed by atoms with van der Waals surface area (Å²) in [5, 5.41) is 9.14. The Labute approximate surface area is 107 Å². The average molecular weight is 266 g/mol. The highest BCUT2D eigenvalue weighted by atomic mass is 32.2. The summed E-state index contributed by atoms with van der Waals surface area (Å²) in [5.74, 6) is -1.40. The summed E-state index contributed by atoms with van der Waals surface area (Å²) in [6.45, 7) is 1.80. The third-order valence-electron chi connectivity index (χ3n) is 2.32. The zero-order chi connectivity index (χ0) is 13.1. The minimum Gasteiger partial charge on any atom is -0.481 e. The van der Waals surface area contributed by atoms with Gasteiger partial charge in [0, 0.05) is 11.9 Å². The number of halogens is 1. The van der Waals surface area contributed by atoms with Crippen LogP contribution in [0.2, 0.25) is 0 Å². The van der Waals surface area contributed by atoms with Crippen molar-refractivity contribution in [2.75, 3.05) is 5.75 Å². The van der Waals surface area contributed by atoms with Gasteiger partial charge < -0.3 is 5.11 Å². The van der Waals surface area contributed by atoms with Crippen molar-refractivity contribution in [3.05, 3.63) is 42.0 Å². The molecule has 0 aliphatic rings. The van der Waals surface area contributed by atoms with Crippen molar-refractivity contribution in [3.63, 3.8) is 0 Å². The normalized spacial score (nSPS) is 10.6. The fraction of sp³-hybridized carbons (Fsp3) is 0.167. The molecule has 0 aliphatic carbocycles. The number of carbonyl (C=O) groups is 1. The van der Waals surface area contributed by atoms with Gasteiger partial charge in [0.1, 0.15) is 5.82 Å². The Hall–Kier alpha value is -1.82. The van der Waals surface area contributed by atoms with Gasteiger partial charge in [-0.05, 0) is 19.1 Å². The quantitative estimate of drug-likeness (QED) is 0.864. The molecule has 1 aromatic carbocycles. The molecule has 0 saturated heterocycles. The first-order chi connectivity index (χ1) is 8.59. The molecule has 94 valence electrons. The summed E-state index contributed by atoms with van der Waals surface area (Å²) in [7, 11) is 0. The molecule has 0 atom stereocenters. The molecule has 1 heterocycles. The third kappa shape index (κ3) is 2.53. The predicted molar refractivity (Wildman–Crippen MR) is 66.6 cm³/mol. The van der Waals surface area contributed by atoms with Crippen LogP contribution in [-0.4, -0.2) is 26.4 Å². The van der Waals surface area contributed by atoms with Gasteiger partial charge in [0.2, 0.25) is 0 Å². The van der Waals surface area contributed by atoms with Crippen LogP contribution in [0.15, 0.2) is 35.6 Å². The van der Waals surface area contributed by atoms with Gasteiger partial charge in [0.15, 0.2) is 5.16 Å². The monoisotopic (exact) mass is 266 g/mol. The number of hydrogen-bond donors (Lipinski definition) is 1. The lowest BCUT2D eigenvalue weighted by Crippen LogP contribution is -2.04. The molecular formula is C12H11FN2O2S. The second-order valence-electron chi connectivity index (χ2n) is 3.65. The number of thioether (sulfide) groups is 1. The van der Waals surface area contributed by atoms with Crippen molar-refractivity contribution in [1.82, 2.24) is 9.55 Å². The molecule has 0 radical (unpaired) electrons. The van der Waals surface area contributed by atoms with Crippen LogP contribution in [0.4, 0.5) is 4.39 Å². The highest BCUT2D eigenvalue weighted by molar-refractivity contribution is 7.99. The maximum absolute atomic E-state index is 13.7. The van der Waals surface area contributed by atoms with Crippen molar-refractivity contribution in [1.29, 1.82) is 0 Å². The number of rotatable bonds is 4. The Balaban J connectivity index is 2.41. The van der Waals surface area contributed by atoms with Gasteiger partial charge in [0.05, 0.1) is 11.4 Å². The van der Waals surface area contributed by atoms with E-state index in [1.165, 1.54) is 6.07 Å². The maximum atomic E-state index is 13.7. The van der Waals surface area contributed by atoms with Crippen LogP contribution in [0.1, 0.15) is 5.69 Å². The number of benzene rings is 1. The molecule has 4 nitrogen and oxygen atoms in total. The average Bonchev–Trinajstić information content (AvgIpc) is 2.69. The predicted octanol–water partition coefficient (Wildman–Crippen LogP) is 2.50. The first kappa shape index (κ1) is 12.6. The molecule has 0 bridgehead atoms. The van der Waals surface area contributed by atoms with Crippen molar-refractivity contribution in [2.45, 2.75) is 12.1 Å². The van der Waals surface area contributed by atoms with Gasteiger partial charge in [-0.15, -0.1) is 0 Å². The Morgan fingerprint density at radius 2 is 2.22 bits per heavy atom. The summed E-state index contributed by atoms with van der Waals surface area (Å²) in [6.07, 6.45) is 1.59. The van der Waals surface area contributed by atoms with Crippen molar-refractivity contribution in [2.24, 2.45) is 0 Å². The molecule has 0 saturated carbocycles. The zero-order valence-corrected chi connectivity index (χ0v) is 10.4. The standard InChI is InChI=1S/C12H11FN2O2S/c1-8-6-14-12(18-7-11(16)17)15(8)10-5-3-2-4-9(10)13/h2-6H,7H2,1H3,(H,16,17). The lowest BCUT2D eigenvalue weighted by Gasteiger charge is -2.09. The molecule has 18 heavy (non-hydrogen) atoms. The van der Waals surface area contributed by atoms with E-state index in [-0.39, 0.29) is 11.6 Å². The Kier molecular flexibility index (Phi) is 3.66. The number of nitrogens with zero attached hydrogens (tertiary/aromatic N) is 2. The second kappa shape index (κ2) is 5.22. The van der Waals surface area contributed by atoms with E-state index in [4.69, 9.17) is 5.11 Å². The van der Waals surface area contributed by atoms with E-state index in [1.54, 1.807) is 35.9 Å². The van der Waals surface area contributed by atoms with Crippen molar-refractivity contribution in [3.8, 4) is 5.69 Å². The molecule has 0 fully saturated rings. The van der Waals surface area contributed by atoms with E-state index in [9.17, 15) is 9.18 Å². The molecule has 2 aromatic rings. The van der Waals surface area contributed by atoms with Gasteiger partial charge in [-0.25, -0.2) is 9.37 Å². The molecule has 2 rings (SSSR count). The first-order valence-corrected chi connectivity index (χ1v) is 6.22. The number of para-hydroxylation sites is 1. The fourth-order valence-corrected chi connectivity index (χ4v) is 2.32. The maximum Gasteiger partial charge on any atom is 0.313 e. The molecule has 0 unspecified atom stereocenters. The van der Waals surface area contributed by atoms with Crippen LogP contribution in [0, 0.1) is 12.7 Å². The van der Waals surface area contributed by atoms with Crippen LogP contribution in [0.3, 0.4) is 0 Å². The molecular weight excluding hydrogens is 255 g/mol. The van der Waals surface area contributed by atoms with Gasteiger partial charge in [-0.1, -0.05) is 23.9 Å². The van der Waals surface area contributed by atoms with Gasteiger partial charge in [0.25, 0.3) is 0 Å². The lowest BCUT2D eigenvalue weighted by atomic mass is 10.3. The second-order valence-corrected chi connectivity index (χ2v) is 4.59. The largest absolute Gasteiger partial charge is 0.481 e. The molecule has 1 aromatic heterocycles. The number of hydrogen-bond acceptors (Lipinski definition) is 3. The minimum atomic E-state index is -0.930. The van der Waals surface area contributed by atoms with E-state index >= 15 is 0 Å². The zero-order valence-electron chi connectivity index (χ0n) is 9.63. The summed E-state index contributed by atoms with van der Waals surface area (Å²) in [5.41, 5.74) is 1.13. The SMILES string of the molecule is Cc1cnc(SCC(=O)O)n1-c1ccccc1F. The number of carboxylic acid groups (broad SMARTS) is 1. The lowest BCUT2D eigenvalue weighted by molar-refractivity contribution is -0.133. The number of aryl methyl sites for hydroxylation is 1. The number of aliphatic carboxylic acids is 1. The Bertz CT molecular complexity index is 583. The van der Waals surface area contributed by atoms with Crippen LogP contribution >= 0.6 is 11.8 Å². The minimum absolute atomic E-state index is 0.106. The molecule has 0 spiro atoms. The van der Waals surface area contributed by atoms with E-state index in [2.05, 4.69) is 4.98 Å². The van der Waals surface area contributed by atoms with E-state index in [0.717, 1.165) is 17.5 Å². The van der Waals surface area contributed by atoms with Crippen LogP contribution in [-0.2, 0) is 4.79 Å². The summed E-state index contributed by atoms with van der Waals surface area (Å²) >= 11 is 1.07. The fourth-order valence-electron chi connectivity index (χ4n) is 1.57.